The van der Waals surface area contributed by atoms with Crippen molar-refractivity contribution in [2.45, 2.75) is 0 Å². The first-order valence-electron chi connectivity index (χ1n) is 3.20. The normalized spacial score (nSPS) is 9.50. The van der Waals surface area contributed by atoms with Gasteiger partial charge in [-0.3, -0.25) is 0 Å². The molecule has 0 aromatic heterocycles. The van der Waals surface area contributed by atoms with E-state index in [9.17, 15) is 4.53 Å². The van der Waals surface area contributed by atoms with Gasteiger partial charge in [-0.1, -0.05) is 4.53 Å². The molecule has 0 atom stereocenters. The summed E-state index contributed by atoms with van der Waals surface area (Å²) < 4.78 is 15.8. The lowest BCUT2D eigenvalue weighted by molar-refractivity contribution is -0.0527. The molecular formula is C6H7BFNO3. The van der Waals surface area contributed by atoms with Crippen molar-refractivity contribution in [1.29, 1.82) is 0 Å². The molecule has 0 radical (unpaired) electrons. The van der Waals surface area contributed by atoms with Crippen LogP contribution >= 0.6 is 0 Å². The largest absolute Gasteiger partial charge is 0.743 e. The van der Waals surface area contributed by atoms with E-state index in [1.165, 1.54) is 12.1 Å². The third-order valence-corrected chi connectivity index (χ3v) is 1.19. The fraction of sp³-hybridized carbons (Fsp3) is 0. The van der Waals surface area contributed by atoms with Crippen LogP contribution in [0.3, 0.4) is 0 Å². The molecule has 0 fully saturated rings. The summed E-state index contributed by atoms with van der Waals surface area (Å²) in [6, 6.07) is 6.08. The van der Waals surface area contributed by atoms with Gasteiger partial charge in [0.2, 0.25) is 0 Å². The molecule has 12 heavy (non-hydrogen) atoms. The zero-order valence-electron chi connectivity index (χ0n) is 6.11. The molecule has 0 saturated heterocycles. The van der Waals surface area contributed by atoms with E-state index in [4.69, 9.17) is 10.8 Å². The number of anilines is 1. The summed E-state index contributed by atoms with van der Waals surface area (Å²) in [7, 11) is -1.89. The molecule has 0 amide bonds. The van der Waals surface area contributed by atoms with Crippen molar-refractivity contribution in [1.82, 2.24) is 0 Å². The Hall–Kier alpha value is -1.27. The van der Waals surface area contributed by atoms with E-state index in [2.05, 4.69) is 9.51 Å². The van der Waals surface area contributed by atoms with Crippen LogP contribution in [0.15, 0.2) is 24.3 Å². The molecule has 0 saturated carbocycles. The predicted molar refractivity (Wildman–Crippen MR) is 41.6 cm³/mol. The highest BCUT2D eigenvalue weighted by Gasteiger charge is 2.18. The molecule has 1 aromatic rings. The minimum absolute atomic E-state index is 0.273. The van der Waals surface area contributed by atoms with Crippen molar-refractivity contribution < 1.29 is 19.1 Å². The maximum atomic E-state index is 11.3. The van der Waals surface area contributed by atoms with Gasteiger partial charge in [0.1, 0.15) is 5.75 Å². The molecule has 4 nitrogen and oxygen atoms in total. The van der Waals surface area contributed by atoms with Gasteiger partial charge in [0.25, 0.3) is 0 Å². The second kappa shape index (κ2) is 3.94. The molecule has 6 heteroatoms. The first kappa shape index (κ1) is 8.83. The van der Waals surface area contributed by atoms with E-state index in [0.29, 0.717) is 5.69 Å². The molecule has 3 N–H and O–H groups in total. The zero-order chi connectivity index (χ0) is 8.97. The molecule has 1 rings (SSSR count). The highest BCUT2D eigenvalue weighted by molar-refractivity contribution is 6.35. The SMILES string of the molecule is Nc1ccc(OB(O)OF)cc1. The molecule has 0 unspecified atom stereocenters. The molecule has 0 heterocycles. The monoisotopic (exact) mass is 171 g/mol. The number of halogens is 1. The Bertz CT molecular complexity index is 243. The van der Waals surface area contributed by atoms with Crippen molar-refractivity contribution >= 4 is 13.0 Å². The number of benzene rings is 1. The third kappa shape index (κ3) is 2.41. The summed E-state index contributed by atoms with van der Waals surface area (Å²) in [6.45, 7) is 0. The molecule has 0 aliphatic carbocycles. The maximum Gasteiger partial charge on any atom is 0.743 e. The Morgan fingerprint density at radius 1 is 1.33 bits per heavy atom. The number of nitrogens with two attached hydrogens (primary N) is 1. The Kier molecular flexibility index (Phi) is 2.90. The first-order valence-corrected chi connectivity index (χ1v) is 3.20. The summed E-state index contributed by atoms with van der Waals surface area (Å²) in [6.07, 6.45) is 0. The molecule has 0 aliphatic rings. The van der Waals surface area contributed by atoms with E-state index in [1.54, 1.807) is 12.1 Å². The number of hydrogen-bond donors (Lipinski definition) is 2. The topological polar surface area (TPSA) is 64.7 Å². The Morgan fingerprint density at radius 2 is 1.92 bits per heavy atom. The van der Waals surface area contributed by atoms with E-state index < -0.39 is 7.32 Å². The predicted octanol–water partition coefficient (Wildman–Crippen LogP) is 0.526. The van der Waals surface area contributed by atoms with Gasteiger partial charge >= 0.3 is 7.32 Å². The number of nitrogen functional groups attached to an aromatic ring is 1. The standard InChI is InChI=1S/C6H7BFNO3/c8-12-7(10)11-6-3-1-5(9)2-4-6/h1-4,10H,9H2. The van der Waals surface area contributed by atoms with Gasteiger partial charge in [0, 0.05) is 5.69 Å². The van der Waals surface area contributed by atoms with Crippen LogP contribution in [0.5, 0.6) is 5.75 Å². The van der Waals surface area contributed by atoms with Crippen LogP contribution in [-0.2, 0) is 4.86 Å². The van der Waals surface area contributed by atoms with Crippen molar-refractivity contribution in [2.75, 3.05) is 5.73 Å². The van der Waals surface area contributed by atoms with E-state index in [0.717, 1.165) is 0 Å². The second-order valence-corrected chi connectivity index (χ2v) is 2.08. The summed E-state index contributed by atoms with van der Waals surface area (Å²) in [5.41, 5.74) is 5.92. The van der Waals surface area contributed by atoms with E-state index in [-0.39, 0.29) is 5.75 Å². The van der Waals surface area contributed by atoms with Crippen LogP contribution in [-0.4, -0.2) is 12.3 Å². The maximum absolute atomic E-state index is 11.3. The van der Waals surface area contributed by atoms with Gasteiger partial charge < -0.3 is 15.4 Å². The minimum Gasteiger partial charge on any atom is -0.510 e. The zero-order valence-corrected chi connectivity index (χ0v) is 6.11. The third-order valence-electron chi connectivity index (χ3n) is 1.19. The Labute approximate surface area is 68.8 Å². The van der Waals surface area contributed by atoms with Crippen molar-refractivity contribution in [3.8, 4) is 5.75 Å². The molecule has 0 bridgehead atoms. The number of rotatable bonds is 3. The van der Waals surface area contributed by atoms with Gasteiger partial charge in [-0.25, -0.2) is 0 Å². The lowest BCUT2D eigenvalue weighted by Gasteiger charge is -2.04. The average molecular weight is 171 g/mol. The fourth-order valence-electron chi connectivity index (χ4n) is 0.681. The molecule has 64 valence electrons. The van der Waals surface area contributed by atoms with Crippen molar-refractivity contribution in [3.05, 3.63) is 24.3 Å². The quantitative estimate of drug-likeness (QED) is 0.514. The molecule has 1 aromatic carbocycles. The average Bonchev–Trinajstić information content (AvgIpc) is 2.09. The van der Waals surface area contributed by atoms with Crippen LogP contribution in [0, 0.1) is 0 Å². The number of hydrogen-bond acceptors (Lipinski definition) is 4. The lowest BCUT2D eigenvalue weighted by atomic mass is 10.2. The Morgan fingerprint density at radius 3 is 2.42 bits per heavy atom. The van der Waals surface area contributed by atoms with Gasteiger partial charge in [-0.2, -0.15) is 4.86 Å². The van der Waals surface area contributed by atoms with Gasteiger partial charge in [0.15, 0.2) is 0 Å². The summed E-state index contributed by atoms with van der Waals surface area (Å²) in [5, 5.41) is 8.53. The van der Waals surface area contributed by atoms with Crippen LogP contribution < -0.4 is 10.4 Å². The Balaban J connectivity index is 2.58. The summed E-state index contributed by atoms with van der Waals surface area (Å²) in [4.78, 5) is 2.99. The van der Waals surface area contributed by atoms with Crippen LogP contribution in [0.4, 0.5) is 10.2 Å². The van der Waals surface area contributed by atoms with Gasteiger partial charge in [0.05, 0.1) is 0 Å². The van der Waals surface area contributed by atoms with Gasteiger partial charge in [-0.05, 0) is 24.3 Å². The molecular weight excluding hydrogens is 164 g/mol. The smallest absolute Gasteiger partial charge is 0.510 e. The van der Waals surface area contributed by atoms with Crippen LogP contribution in [0.1, 0.15) is 0 Å². The van der Waals surface area contributed by atoms with E-state index >= 15 is 0 Å². The first-order chi connectivity index (χ1) is 5.72. The highest BCUT2D eigenvalue weighted by Crippen LogP contribution is 2.13. The molecule has 0 spiro atoms. The van der Waals surface area contributed by atoms with Crippen molar-refractivity contribution in [3.63, 3.8) is 0 Å². The fourth-order valence-corrected chi connectivity index (χ4v) is 0.681. The second-order valence-electron chi connectivity index (χ2n) is 2.08. The molecule has 0 aliphatic heterocycles. The highest BCUT2D eigenvalue weighted by atomic mass is 19.3. The van der Waals surface area contributed by atoms with Crippen molar-refractivity contribution in [2.24, 2.45) is 0 Å². The lowest BCUT2D eigenvalue weighted by Crippen LogP contribution is -2.22. The van der Waals surface area contributed by atoms with Crippen LogP contribution in [0.25, 0.3) is 0 Å². The summed E-state index contributed by atoms with van der Waals surface area (Å²) >= 11 is 0. The van der Waals surface area contributed by atoms with E-state index in [1.807, 2.05) is 0 Å². The minimum atomic E-state index is -1.89. The van der Waals surface area contributed by atoms with Crippen LogP contribution in [0.2, 0.25) is 0 Å². The summed E-state index contributed by atoms with van der Waals surface area (Å²) in [5.74, 6) is 0.273. The van der Waals surface area contributed by atoms with Gasteiger partial charge in [-0.15, -0.1) is 0 Å².